The van der Waals surface area contributed by atoms with Gasteiger partial charge in [-0.1, -0.05) is 0 Å². The van der Waals surface area contributed by atoms with E-state index >= 15 is 0 Å². The summed E-state index contributed by atoms with van der Waals surface area (Å²) in [6.07, 6.45) is 0. The summed E-state index contributed by atoms with van der Waals surface area (Å²) in [6.45, 7) is 0. The molecule has 0 aliphatic carbocycles. The van der Waals surface area contributed by atoms with Crippen LogP contribution in [0.15, 0.2) is 0 Å². The van der Waals surface area contributed by atoms with Gasteiger partial charge >= 0.3 is 18.0 Å². The third-order valence-corrected chi connectivity index (χ3v) is 0. The van der Waals surface area contributed by atoms with Gasteiger partial charge in [0.2, 0.25) is 0 Å². The first kappa shape index (κ1) is 29.5. The van der Waals surface area contributed by atoms with Gasteiger partial charge in [0.25, 0.3) is 0 Å². The summed E-state index contributed by atoms with van der Waals surface area (Å²) in [5.41, 5.74) is 0. The molecule has 0 heterocycles. The predicted molar refractivity (Wildman–Crippen MR) is 56.2 cm³/mol. The molecule has 0 aromatic heterocycles. The molecule has 0 amide bonds. The van der Waals surface area contributed by atoms with Crippen LogP contribution in [0.4, 0.5) is 0 Å². The molecular weight excluding hydrogens is 456 g/mol. The Morgan fingerprint density at radius 2 is 0.500 bits per heavy atom. The van der Waals surface area contributed by atoms with E-state index in [0.717, 1.165) is 0 Å². The molecule has 0 aliphatic rings. The van der Waals surface area contributed by atoms with Crippen molar-refractivity contribution >= 4 is 89.9 Å². The maximum atomic E-state index is 0. The second kappa shape index (κ2) is 17.2. The van der Waals surface area contributed by atoms with E-state index in [-0.39, 0.29) is 89.9 Å². The van der Waals surface area contributed by atoms with Crippen LogP contribution in [0.1, 0.15) is 0 Å². The van der Waals surface area contributed by atoms with Gasteiger partial charge in [0.05, 0.1) is 0 Å². The fraction of sp³-hybridized carbons (Fsp3) is 0. The fourth-order valence-corrected chi connectivity index (χ4v) is 0. The van der Waals surface area contributed by atoms with E-state index in [1.165, 1.54) is 0 Å². The van der Waals surface area contributed by atoms with Crippen molar-refractivity contribution in [1.82, 2.24) is 0 Å². The summed E-state index contributed by atoms with van der Waals surface area (Å²) in [5.74, 6) is 0. The van der Waals surface area contributed by atoms with Crippen molar-refractivity contribution < 1.29 is 0 Å². The molecule has 0 radical (unpaired) electrons. The van der Waals surface area contributed by atoms with E-state index in [4.69, 9.17) is 0 Å². The van der Waals surface area contributed by atoms with Gasteiger partial charge in [0, 0.05) is 0 Å². The van der Waals surface area contributed by atoms with Crippen molar-refractivity contribution in [3.8, 4) is 0 Å². The SMILES string of the molecule is I.I.I.[AsH3]. The summed E-state index contributed by atoms with van der Waals surface area (Å²) < 4.78 is 0. The van der Waals surface area contributed by atoms with E-state index in [0.29, 0.717) is 0 Å². The molecule has 0 saturated heterocycles. The third-order valence-electron chi connectivity index (χ3n) is 0. The topological polar surface area (TPSA) is 0 Å². The molecule has 0 aliphatic heterocycles. The molecular formula is H6AsI3. The summed E-state index contributed by atoms with van der Waals surface area (Å²) in [4.78, 5) is 0. The number of halogens is 3. The standard InChI is InChI=1S/AsH3.3HI/h1H3;3*1H. The Hall–Kier alpha value is 2.75. The molecule has 4 heavy (non-hydrogen) atoms. The fourth-order valence-electron chi connectivity index (χ4n) is 0. The van der Waals surface area contributed by atoms with Gasteiger partial charge in [0.15, 0.2) is 0 Å². The Morgan fingerprint density at radius 3 is 0.500 bits per heavy atom. The zero-order chi connectivity index (χ0) is 0. The maximum absolute atomic E-state index is 0. The second-order valence-corrected chi connectivity index (χ2v) is 0. The molecule has 0 saturated carbocycles. The van der Waals surface area contributed by atoms with Crippen LogP contribution in [0.25, 0.3) is 0 Å². The zero-order valence-electron chi connectivity index (χ0n) is 1.93. The monoisotopic (exact) mass is 462 g/mol. The predicted octanol–water partition coefficient (Wildman–Crippen LogP) is 0.670. The van der Waals surface area contributed by atoms with Crippen molar-refractivity contribution in [3.63, 3.8) is 0 Å². The van der Waals surface area contributed by atoms with Gasteiger partial charge in [-0.3, -0.25) is 0 Å². The average molecular weight is 462 g/mol. The van der Waals surface area contributed by atoms with E-state index < -0.39 is 0 Å². The molecule has 0 N–H and O–H groups in total. The molecule has 0 bridgehead atoms. The van der Waals surface area contributed by atoms with Crippen molar-refractivity contribution in [1.29, 1.82) is 0 Å². The first-order valence-electron chi connectivity index (χ1n) is 0. The Morgan fingerprint density at radius 1 is 0.500 bits per heavy atom. The van der Waals surface area contributed by atoms with Gasteiger partial charge in [-0.2, -0.15) is 0 Å². The van der Waals surface area contributed by atoms with Gasteiger partial charge in [-0.15, -0.1) is 71.9 Å². The van der Waals surface area contributed by atoms with Crippen molar-refractivity contribution in [2.75, 3.05) is 0 Å². The minimum absolute atomic E-state index is 0. The van der Waals surface area contributed by atoms with E-state index in [1.807, 2.05) is 0 Å². The van der Waals surface area contributed by atoms with Gasteiger partial charge < -0.3 is 0 Å². The van der Waals surface area contributed by atoms with Crippen LogP contribution < -0.4 is 0 Å². The third kappa shape index (κ3) is 8.83. The van der Waals surface area contributed by atoms with Crippen LogP contribution in [0, 0.1) is 0 Å². The van der Waals surface area contributed by atoms with Gasteiger partial charge in [-0.25, -0.2) is 0 Å². The van der Waals surface area contributed by atoms with Crippen molar-refractivity contribution in [3.05, 3.63) is 0 Å². The van der Waals surface area contributed by atoms with Gasteiger partial charge in [-0.05, 0) is 0 Å². The van der Waals surface area contributed by atoms with Gasteiger partial charge in [0.1, 0.15) is 0 Å². The minimum atomic E-state index is 0. The van der Waals surface area contributed by atoms with Crippen molar-refractivity contribution in [2.24, 2.45) is 0 Å². The number of hydrogen-bond acceptors (Lipinski definition) is 0. The molecule has 1 unspecified atom stereocenters. The molecule has 32 valence electrons. The average Bonchev–Trinajstić information content (AvgIpc) is 0. The van der Waals surface area contributed by atoms with Crippen LogP contribution in [-0.2, 0) is 0 Å². The van der Waals surface area contributed by atoms with Crippen LogP contribution in [-0.4, -0.2) is 18.0 Å². The summed E-state index contributed by atoms with van der Waals surface area (Å²) >= 11 is 0. The van der Waals surface area contributed by atoms with Crippen LogP contribution in [0.5, 0.6) is 0 Å². The summed E-state index contributed by atoms with van der Waals surface area (Å²) in [6, 6.07) is 0. The Bertz CT molecular complexity index is 3.25. The normalized spacial score (nSPS) is 0. The Labute approximate surface area is 88.2 Å². The van der Waals surface area contributed by atoms with E-state index in [9.17, 15) is 0 Å². The van der Waals surface area contributed by atoms with Crippen molar-refractivity contribution in [2.45, 2.75) is 0 Å². The van der Waals surface area contributed by atoms with E-state index in [2.05, 4.69) is 0 Å². The van der Waals surface area contributed by atoms with Crippen LogP contribution in [0.3, 0.4) is 0 Å². The van der Waals surface area contributed by atoms with Crippen LogP contribution in [0.2, 0.25) is 0 Å². The summed E-state index contributed by atoms with van der Waals surface area (Å²) in [7, 11) is 0. The first-order valence-corrected chi connectivity index (χ1v) is 0. The molecule has 1 atom stereocenters. The molecule has 0 aromatic rings. The van der Waals surface area contributed by atoms with Crippen LogP contribution >= 0.6 is 71.9 Å². The number of hydrogen-bond donors (Lipinski definition) is 0. The Balaban J connectivity index is 0. The molecule has 0 fully saturated rings. The van der Waals surface area contributed by atoms with E-state index in [1.54, 1.807) is 0 Å². The second-order valence-electron chi connectivity index (χ2n) is 0. The molecule has 0 nitrogen and oxygen atoms in total. The quantitative estimate of drug-likeness (QED) is 0.368. The molecule has 4 heteroatoms. The number of rotatable bonds is 0. The first-order chi connectivity index (χ1) is 0. The Kier molecular flexibility index (Phi) is 127. The summed E-state index contributed by atoms with van der Waals surface area (Å²) in [5, 5.41) is 0. The molecule has 0 aromatic carbocycles. The molecule has 0 spiro atoms. The molecule has 0 rings (SSSR count). The zero-order valence-corrected chi connectivity index (χ0v) is 11.9.